The number of nitrogens with zero attached hydrogens (tertiary/aromatic N) is 1. The lowest BCUT2D eigenvalue weighted by molar-refractivity contribution is 0.567. The van der Waals surface area contributed by atoms with E-state index in [9.17, 15) is 0 Å². The summed E-state index contributed by atoms with van der Waals surface area (Å²) in [7, 11) is 0. The van der Waals surface area contributed by atoms with Crippen LogP contribution in [0.25, 0.3) is 0 Å². The van der Waals surface area contributed by atoms with Gasteiger partial charge in [-0.1, -0.05) is 32.4 Å². The predicted molar refractivity (Wildman–Crippen MR) is 52.7 cm³/mol. The Balaban J connectivity index is 3.23. The van der Waals surface area contributed by atoms with Crippen LogP contribution in [0, 0.1) is 6.92 Å². The van der Waals surface area contributed by atoms with E-state index in [4.69, 9.17) is 11.6 Å². The van der Waals surface area contributed by atoms with Gasteiger partial charge in [0.15, 0.2) is 0 Å². The first-order valence-corrected chi connectivity index (χ1v) is 4.42. The monoisotopic (exact) mass is 183 g/mol. The molecule has 2 heteroatoms. The summed E-state index contributed by atoms with van der Waals surface area (Å²) >= 11 is 6.02. The molecule has 1 nitrogen and oxygen atoms in total. The van der Waals surface area contributed by atoms with E-state index in [-0.39, 0.29) is 5.41 Å². The van der Waals surface area contributed by atoms with Gasteiger partial charge in [-0.15, -0.1) is 0 Å². The Bertz CT molecular complexity index is 286. The molecular weight excluding hydrogens is 170 g/mol. The van der Waals surface area contributed by atoms with Crippen molar-refractivity contribution in [3.63, 3.8) is 0 Å². The molecule has 0 aliphatic heterocycles. The number of aryl methyl sites for hydroxylation is 1. The molecule has 0 saturated carbocycles. The van der Waals surface area contributed by atoms with Gasteiger partial charge in [0.05, 0.1) is 10.7 Å². The molecule has 0 aromatic carbocycles. The van der Waals surface area contributed by atoms with Crippen molar-refractivity contribution in [2.75, 3.05) is 0 Å². The predicted octanol–water partition coefficient (Wildman–Crippen LogP) is 3.34. The van der Waals surface area contributed by atoms with Crippen LogP contribution >= 0.6 is 11.6 Å². The first-order chi connectivity index (χ1) is 5.41. The van der Waals surface area contributed by atoms with Gasteiger partial charge >= 0.3 is 0 Å². The van der Waals surface area contributed by atoms with Gasteiger partial charge in [-0.2, -0.15) is 0 Å². The van der Waals surface area contributed by atoms with Crippen LogP contribution in [0.5, 0.6) is 0 Å². The summed E-state index contributed by atoms with van der Waals surface area (Å²) in [5, 5.41) is 0.758. The van der Waals surface area contributed by atoms with E-state index in [1.807, 2.05) is 19.1 Å². The first-order valence-electron chi connectivity index (χ1n) is 4.05. The highest BCUT2D eigenvalue weighted by Crippen LogP contribution is 2.27. The molecule has 1 aromatic heterocycles. The zero-order valence-corrected chi connectivity index (χ0v) is 8.74. The minimum absolute atomic E-state index is 0.0309. The van der Waals surface area contributed by atoms with Crippen molar-refractivity contribution in [2.24, 2.45) is 0 Å². The second kappa shape index (κ2) is 3.06. The van der Waals surface area contributed by atoms with Crippen molar-refractivity contribution in [2.45, 2.75) is 33.1 Å². The third-order valence-electron chi connectivity index (χ3n) is 1.70. The Morgan fingerprint density at radius 3 is 2.25 bits per heavy atom. The van der Waals surface area contributed by atoms with Crippen molar-refractivity contribution in [1.29, 1.82) is 0 Å². The van der Waals surface area contributed by atoms with E-state index in [0.717, 1.165) is 16.4 Å². The third kappa shape index (κ3) is 1.98. The lowest BCUT2D eigenvalue weighted by atomic mass is 9.91. The minimum Gasteiger partial charge on any atom is -0.256 e. The molecule has 0 unspecified atom stereocenters. The van der Waals surface area contributed by atoms with Gasteiger partial charge in [-0.25, -0.2) is 0 Å². The summed E-state index contributed by atoms with van der Waals surface area (Å²) in [6.45, 7) is 8.31. The van der Waals surface area contributed by atoms with E-state index in [0.29, 0.717) is 0 Å². The highest BCUT2D eigenvalue weighted by Gasteiger charge is 2.18. The number of aromatic nitrogens is 1. The van der Waals surface area contributed by atoms with Crippen LogP contribution in [0.4, 0.5) is 0 Å². The summed E-state index contributed by atoms with van der Waals surface area (Å²) in [5.74, 6) is 0. The molecule has 0 N–H and O–H groups in total. The van der Waals surface area contributed by atoms with Crippen LogP contribution in [-0.2, 0) is 5.41 Å². The summed E-state index contributed by atoms with van der Waals surface area (Å²) in [6, 6.07) is 3.84. The molecule has 12 heavy (non-hydrogen) atoms. The van der Waals surface area contributed by atoms with E-state index in [1.54, 1.807) is 0 Å². The van der Waals surface area contributed by atoms with Gasteiger partial charge < -0.3 is 0 Å². The molecule has 0 bridgehead atoms. The molecule has 0 fully saturated rings. The lowest BCUT2D eigenvalue weighted by Gasteiger charge is -2.19. The zero-order chi connectivity index (χ0) is 9.35. The van der Waals surface area contributed by atoms with Gasteiger partial charge in [0.1, 0.15) is 0 Å². The molecule has 66 valence electrons. The molecular formula is C10H14ClN. The van der Waals surface area contributed by atoms with Crippen LogP contribution in [0.2, 0.25) is 5.02 Å². The fraction of sp³-hybridized carbons (Fsp3) is 0.500. The second-order valence-electron chi connectivity index (χ2n) is 4.03. The second-order valence-corrected chi connectivity index (χ2v) is 4.44. The summed E-state index contributed by atoms with van der Waals surface area (Å²) in [5.41, 5.74) is 2.02. The number of hydrogen-bond acceptors (Lipinski definition) is 1. The van der Waals surface area contributed by atoms with Crippen LogP contribution < -0.4 is 0 Å². The molecule has 1 heterocycles. The number of halogens is 1. The fourth-order valence-corrected chi connectivity index (χ4v) is 1.45. The minimum atomic E-state index is 0.0309. The van der Waals surface area contributed by atoms with E-state index >= 15 is 0 Å². The SMILES string of the molecule is Cc1ccc(Cl)c(C(C)(C)C)n1. The summed E-state index contributed by atoms with van der Waals surface area (Å²) < 4.78 is 0. The van der Waals surface area contributed by atoms with E-state index < -0.39 is 0 Å². The Morgan fingerprint density at radius 1 is 1.25 bits per heavy atom. The maximum Gasteiger partial charge on any atom is 0.0646 e. The average Bonchev–Trinajstić information content (AvgIpc) is 1.92. The largest absolute Gasteiger partial charge is 0.256 e. The Hall–Kier alpha value is -0.560. The Morgan fingerprint density at radius 2 is 1.83 bits per heavy atom. The van der Waals surface area contributed by atoms with Gasteiger partial charge in [0.25, 0.3) is 0 Å². The van der Waals surface area contributed by atoms with Crippen LogP contribution in [-0.4, -0.2) is 4.98 Å². The van der Waals surface area contributed by atoms with Crippen LogP contribution in [0.3, 0.4) is 0 Å². The fourth-order valence-electron chi connectivity index (χ4n) is 1.07. The van der Waals surface area contributed by atoms with E-state index in [1.165, 1.54) is 0 Å². The quantitative estimate of drug-likeness (QED) is 0.601. The van der Waals surface area contributed by atoms with Gasteiger partial charge in [-0.05, 0) is 19.1 Å². The zero-order valence-electron chi connectivity index (χ0n) is 7.98. The van der Waals surface area contributed by atoms with Crippen molar-refractivity contribution in [3.8, 4) is 0 Å². The average molecular weight is 184 g/mol. The number of rotatable bonds is 0. The van der Waals surface area contributed by atoms with Crippen molar-refractivity contribution >= 4 is 11.6 Å². The molecule has 1 rings (SSSR count). The summed E-state index contributed by atoms with van der Waals surface area (Å²) in [6.07, 6.45) is 0. The molecule has 0 saturated heterocycles. The molecule has 0 amide bonds. The Labute approximate surface area is 78.8 Å². The van der Waals surface area contributed by atoms with Crippen molar-refractivity contribution in [1.82, 2.24) is 4.98 Å². The maximum absolute atomic E-state index is 6.02. The lowest BCUT2D eigenvalue weighted by Crippen LogP contribution is -2.14. The molecule has 0 radical (unpaired) electrons. The number of hydrogen-bond donors (Lipinski definition) is 0. The van der Waals surface area contributed by atoms with Gasteiger partial charge in [0, 0.05) is 11.1 Å². The Kier molecular flexibility index (Phi) is 2.43. The smallest absolute Gasteiger partial charge is 0.0646 e. The number of pyridine rings is 1. The molecule has 1 aromatic rings. The van der Waals surface area contributed by atoms with E-state index in [2.05, 4.69) is 25.8 Å². The summed E-state index contributed by atoms with van der Waals surface area (Å²) in [4.78, 5) is 4.41. The third-order valence-corrected chi connectivity index (χ3v) is 2.00. The highest BCUT2D eigenvalue weighted by molar-refractivity contribution is 6.31. The maximum atomic E-state index is 6.02. The van der Waals surface area contributed by atoms with Crippen molar-refractivity contribution in [3.05, 3.63) is 28.5 Å². The van der Waals surface area contributed by atoms with Crippen molar-refractivity contribution < 1.29 is 0 Å². The molecule has 0 spiro atoms. The standard InChI is InChI=1S/C10H14ClN/c1-7-5-6-8(11)9(12-7)10(2,3)4/h5-6H,1-4H3. The topological polar surface area (TPSA) is 12.9 Å². The van der Waals surface area contributed by atoms with Crippen LogP contribution in [0.1, 0.15) is 32.2 Å². The van der Waals surface area contributed by atoms with Gasteiger partial charge in [-0.3, -0.25) is 4.98 Å². The normalized spacial score (nSPS) is 11.8. The molecule has 0 aliphatic carbocycles. The van der Waals surface area contributed by atoms with Crippen LogP contribution in [0.15, 0.2) is 12.1 Å². The molecule has 0 aliphatic rings. The van der Waals surface area contributed by atoms with Gasteiger partial charge in [0.2, 0.25) is 0 Å². The molecule has 0 atom stereocenters. The first kappa shape index (κ1) is 9.53. The highest BCUT2D eigenvalue weighted by atomic mass is 35.5.